The van der Waals surface area contributed by atoms with Gasteiger partial charge in [0.2, 0.25) is 5.91 Å². The first kappa shape index (κ1) is 48.8. The van der Waals surface area contributed by atoms with Crippen LogP contribution in [0.15, 0.2) is 0 Å². The van der Waals surface area contributed by atoms with Crippen molar-refractivity contribution in [3.05, 3.63) is 0 Å². The molecule has 6 unspecified atom stereocenters. The summed E-state index contributed by atoms with van der Waals surface area (Å²) in [7, 11) is 0. The van der Waals surface area contributed by atoms with E-state index in [-0.39, 0.29) is 61.2 Å². The Labute approximate surface area is 344 Å². The van der Waals surface area contributed by atoms with Crippen molar-refractivity contribution < 1.29 is 116 Å². The fraction of sp³-hybridized carbons (Fsp3) is 0.886. The minimum Gasteiger partial charge on any atom is -0.547 e. The van der Waals surface area contributed by atoms with Gasteiger partial charge in [0.1, 0.15) is 42.7 Å². The number of aliphatic carboxylic acids is 1. The van der Waals surface area contributed by atoms with E-state index in [0.29, 0.717) is 0 Å². The molecule has 4 fully saturated rings. The van der Waals surface area contributed by atoms with Gasteiger partial charge in [-0.05, 0) is 38.0 Å². The second kappa shape index (κ2) is 21.6. The molecule has 316 valence electrons. The molecule has 0 bridgehead atoms. The number of carboxylic acid groups (broad SMARTS) is 1. The van der Waals surface area contributed by atoms with Crippen LogP contribution in [0.4, 0.5) is 13.2 Å². The number of Topliss-reactive ketones (excluding diaryl/α,β-unsaturated/α-hetero) is 1. The van der Waals surface area contributed by atoms with E-state index in [1.807, 2.05) is 0 Å². The Hall–Kier alpha value is -1.53. The number of nitrogens with one attached hydrogen (secondary N) is 2. The number of halogens is 3. The molecule has 17 nitrogen and oxygen atoms in total. The summed E-state index contributed by atoms with van der Waals surface area (Å²) in [6.07, 6.45) is -18.8. The molecule has 0 aromatic rings. The molecule has 4 rings (SSSR count). The number of hydrogen-bond donors (Lipinski definition) is 7. The molecule has 2 amide bonds. The van der Waals surface area contributed by atoms with E-state index in [1.54, 1.807) is 12.2 Å². The van der Waals surface area contributed by atoms with Gasteiger partial charge in [0.05, 0.1) is 43.5 Å². The zero-order valence-electron chi connectivity index (χ0n) is 32.0. The summed E-state index contributed by atoms with van der Waals surface area (Å²) in [5.41, 5.74) is 0. The molecular formula is C35H54F3N2NaO15. The number of alkyl halides is 3. The maximum absolute atomic E-state index is 13.3. The molecule has 56 heavy (non-hydrogen) atoms. The van der Waals surface area contributed by atoms with Crippen molar-refractivity contribution in [2.45, 2.75) is 164 Å². The van der Waals surface area contributed by atoms with E-state index >= 15 is 0 Å². The Morgan fingerprint density at radius 1 is 0.911 bits per heavy atom. The van der Waals surface area contributed by atoms with Gasteiger partial charge in [-0.25, -0.2) is 0 Å². The summed E-state index contributed by atoms with van der Waals surface area (Å²) in [5.74, 6) is -7.07. The van der Waals surface area contributed by atoms with Gasteiger partial charge in [0.25, 0.3) is 0 Å². The number of rotatable bonds is 15. The number of amides is 2. The number of carbonyl (C=O) groups excluding carboxylic acids is 4. The van der Waals surface area contributed by atoms with Crippen LogP contribution in [0.1, 0.15) is 78.6 Å². The zero-order chi connectivity index (χ0) is 40.8. The number of hydrogen-bond acceptors (Lipinski definition) is 15. The van der Waals surface area contributed by atoms with E-state index in [4.69, 9.17) is 23.7 Å². The standard InChI is InChI=1S/C35H55F3N2O15.Na/c1-4-18-11-19(20(43)13-39-34(50)35(36,37)38)12-21(29(18)55-33-28(47)27(46)25(44)15(2)51-33)53-32-24(40-16(3)42)30(26(45)23(14-41)54-32)52-22(31(48)49)10-17-8-6-5-7-9-17;/h15,17-19,21-30,32-33,41,44-47H,4-14H2,1-3H3,(H,39,50)(H,40,42)(H,48,49);/q;+1/p-1/t15?,18?,19?,21-,22+,23+,24?,25-,26+,27+,28?,29-,30?,32-,33+;/m1./s1. The predicted octanol–water partition coefficient (Wildman–Crippen LogP) is -4.67. The maximum Gasteiger partial charge on any atom is 1.00 e. The first-order valence-corrected chi connectivity index (χ1v) is 18.8. The third-order valence-electron chi connectivity index (χ3n) is 11.1. The molecule has 7 N–H and O–H groups in total. The SMILES string of the molecule is CCC1CC(C(=O)CNC(=O)C(F)(F)F)C[C@@H](O[C@@H]2O[C@@H](CO)[C@H](O)C(O[C@@H](CC3CCCCC3)C(=O)[O-])C2NC(C)=O)[C@@H]1O[C@@H]1OC(C)[C@@H](O)[C@H](O)C1O.[Na+]. The van der Waals surface area contributed by atoms with E-state index in [9.17, 15) is 63.0 Å². The molecular weight excluding hydrogens is 768 g/mol. The van der Waals surface area contributed by atoms with Crippen LogP contribution in [0.2, 0.25) is 0 Å². The molecule has 0 aromatic carbocycles. The average Bonchev–Trinajstić information content (AvgIpc) is 3.13. The Morgan fingerprint density at radius 2 is 1.57 bits per heavy atom. The van der Waals surface area contributed by atoms with Gasteiger partial charge in [-0.2, -0.15) is 13.2 Å². The molecule has 0 aromatic heterocycles. The van der Waals surface area contributed by atoms with Crippen molar-refractivity contribution in [3.8, 4) is 0 Å². The Kier molecular flexibility index (Phi) is 18.9. The predicted molar refractivity (Wildman–Crippen MR) is 177 cm³/mol. The van der Waals surface area contributed by atoms with Crippen molar-refractivity contribution in [2.75, 3.05) is 13.2 Å². The molecule has 21 heteroatoms. The van der Waals surface area contributed by atoms with E-state index in [1.165, 1.54) is 6.92 Å². The second-order valence-electron chi connectivity index (χ2n) is 15.0. The number of aliphatic hydroxyl groups excluding tert-OH is 5. The summed E-state index contributed by atoms with van der Waals surface area (Å²) >= 11 is 0. The molecule has 0 spiro atoms. The average molecular weight is 823 g/mol. The molecule has 15 atom stereocenters. The monoisotopic (exact) mass is 822 g/mol. The van der Waals surface area contributed by atoms with E-state index in [2.05, 4.69) is 5.32 Å². The maximum atomic E-state index is 13.3. The number of ketones is 1. The van der Waals surface area contributed by atoms with Crippen LogP contribution in [-0.4, -0.2) is 148 Å². The van der Waals surface area contributed by atoms with E-state index in [0.717, 1.165) is 39.0 Å². The van der Waals surface area contributed by atoms with Crippen molar-refractivity contribution in [1.82, 2.24) is 10.6 Å². The third-order valence-corrected chi connectivity index (χ3v) is 11.1. The van der Waals surface area contributed by atoms with Crippen LogP contribution >= 0.6 is 0 Å². The third kappa shape index (κ3) is 12.5. The van der Waals surface area contributed by atoms with Crippen LogP contribution in [0.5, 0.6) is 0 Å². The number of carbonyl (C=O) groups is 4. The van der Waals surface area contributed by atoms with Gasteiger partial charge >= 0.3 is 41.6 Å². The normalized spacial score (nSPS) is 37.5. The van der Waals surface area contributed by atoms with Crippen LogP contribution in [0.25, 0.3) is 0 Å². The molecule has 2 saturated carbocycles. The number of aliphatic hydroxyl groups is 5. The van der Waals surface area contributed by atoms with Gasteiger partial charge in [0, 0.05) is 12.8 Å². The summed E-state index contributed by atoms with van der Waals surface area (Å²) in [5, 5.41) is 69.5. The summed E-state index contributed by atoms with van der Waals surface area (Å²) in [6, 6.07) is -1.46. The molecule has 2 aliphatic heterocycles. The van der Waals surface area contributed by atoms with Crippen LogP contribution in [0.3, 0.4) is 0 Å². The number of carboxylic acids is 1. The summed E-state index contributed by atoms with van der Waals surface area (Å²) < 4.78 is 68.9. The van der Waals surface area contributed by atoms with Crippen LogP contribution < -0.4 is 45.3 Å². The van der Waals surface area contributed by atoms with Gasteiger partial charge < -0.3 is 69.8 Å². The zero-order valence-corrected chi connectivity index (χ0v) is 34.0. The summed E-state index contributed by atoms with van der Waals surface area (Å²) in [4.78, 5) is 49.7. The topological polar surface area (TPSA) is 263 Å². The molecule has 2 saturated heterocycles. The van der Waals surface area contributed by atoms with Crippen molar-refractivity contribution in [2.24, 2.45) is 17.8 Å². The first-order chi connectivity index (χ1) is 25.9. The second-order valence-corrected chi connectivity index (χ2v) is 15.0. The van der Waals surface area contributed by atoms with E-state index < -0.39 is 134 Å². The van der Waals surface area contributed by atoms with Crippen molar-refractivity contribution >= 4 is 23.6 Å². The van der Waals surface area contributed by atoms with Crippen molar-refractivity contribution in [1.29, 1.82) is 0 Å². The number of ether oxygens (including phenoxy) is 5. The fourth-order valence-corrected chi connectivity index (χ4v) is 8.03. The molecule has 2 heterocycles. The Bertz CT molecular complexity index is 1310. The summed E-state index contributed by atoms with van der Waals surface area (Å²) in [6.45, 7) is 2.46. The molecule has 4 aliphatic rings. The van der Waals surface area contributed by atoms with Gasteiger partial charge in [0.15, 0.2) is 18.4 Å². The van der Waals surface area contributed by atoms with Crippen molar-refractivity contribution in [3.63, 3.8) is 0 Å². The van der Waals surface area contributed by atoms with Crippen LogP contribution in [0, 0.1) is 17.8 Å². The minimum atomic E-state index is -5.24. The Balaban J connectivity index is 0.00000841. The van der Waals surface area contributed by atoms with Crippen LogP contribution in [-0.2, 0) is 42.9 Å². The van der Waals surface area contributed by atoms with Gasteiger partial charge in [-0.15, -0.1) is 0 Å². The minimum absolute atomic E-state index is 0. The smallest absolute Gasteiger partial charge is 0.547 e. The first-order valence-electron chi connectivity index (χ1n) is 18.8. The Morgan fingerprint density at radius 3 is 2.14 bits per heavy atom. The largest absolute Gasteiger partial charge is 1.00 e. The quantitative estimate of drug-likeness (QED) is 0.0767. The van der Waals surface area contributed by atoms with Gasteiger partial charge in [-0.1, -0.05) is 45.4 Å². The fourth-order valence-electron chi connectivity index (χ4n) is 8.03. The van der Waals surface area contributed by atoms with Gasteiger partial charge in [-0.3, -0.25) is 14.4 Å². The molecule has 0 radical (unpaired) electrons. The molecule has 2 aliphatic carbocycles.